The molecule has 1 aliphatic heterocycles. The Labute approximate surface area is 172 Å². The van der Waals surface area contributed by atoms with Gasteiger partial charge in [-0.1, -0.05) is 19.1 Å². The summed E-state index contributed by atoms with van der Waals surface area (Å²) in [6, 6.07) is 12.5. The summed E-state index contributed by atoms with van der Waals surface area (Å²) in [6.45, 7) is 5.25. The fourth-order valence-corrected chi connectivity index (χ4v) is 4.29. The van der Waals surface area contributed by atoms with Crippen LogP contribution in [0.15, 0.2) is 47.4 Å². The molecular weight excluding hydrogens is 388 g/mol. The first-order valence-electron chi connectivity index (χ1n) is 9.75. The maximum atomic E-state index is 12.7. The molecule has 8 heteroatoms. The fraction of sp³-hybridized carbons (Fsp3) is 0.381. The average Bonchev–Trinajstić information content (AvgIpc) is 2.74. The van der Waals surface area contributed by atoms with Gasteiger partial charge in [0.15, 0.2) is 0 Å². The van der Waals surface area contributed by atoms with Gasteiger partial charge in [-0.2, -0.15) is 0 Å². The SMILES string of the molecule is CCc1ccc(NC(=O)c2ccc(N3CCN(C)CC3)c(S(=O)(=O)NC)c2)cc1. The fourth-order valence-electron chi connectivity index (χ4n) is 3.32. The van der Waals surface area contributed by atoms with E-state index in [-0.39, 0.29) is 10.8 Å². The Bertz CT molecular complexity index is 966. The van der Waals surface area contributed by atoms with E-state index in [0.29, 0.717) is 16.9 Å². The third kappa shape index (κ3) is 4.95. The number of nitrogens with zero attached hydrogens (tertiary/aromatic N) is 2. The minimum absolute atomic E-state index is 0.124. The standard InChI is InChI=1S/C21H28N4O3S/c1-4-16-5-8-18(9-6-16)23-21(26)17-7-10-19(20(15-17)29(27,28)22-2)25-13-11-24(3)12-14-25/h5-10,15,22H,4,11-14H2,1-3H3,(H,23,26). The van der Waals surface area contributed by atoms with Crippen LogP contribution in [0.4, 0.5) is 11.4 Å². The molecule has 7 nitrogen and oxygen atoms in total. The number of sulfonamides is 1. The molecule has 1 amide bonds. The predicted molar refractivity (Wildman–Crippen MR) is 116 cm³/mol. The van der Waals surface area contributed by atoms with Gasteiger partial charge in [0.2, 0.25) is 10.0 Å². The molecule has 0 bridgehead atoms. The van der Waals surface area contributed by atoms with Crippen LogP contribution in [0.3, 0.4) is 0 Å². The quantitative estimate of drug-likeness (QED) is 0.754. The summed E-state index contributed by atoms with van der Waals surface area (Å²) in [6.07, 6.45) is 0.924. The minimum Gasteiger partial charge on any atom is -0.368 e. The molecule has 2 aromatic rings. The zero-order valence-corrected chi connectivity index (χ0v) is 17.9. The van der Waals surface area contributed by atoms with E-state index in [1.54, 1.807) is 12.1 Å². The lowest BCUT2D eigenvalue weighted by molar-refractivity contribution is 0.102. The largest absolute Gasteiger partial charge is 0.368 e. The summed E-state index contributed by atoms with van der Waals surface area (Å²) in [7, 11) is -0.290. The van der Waals surface area contributed by atoms with E-state index >= 15 is 0 Å². The number of aryl methyl sites for hydroxylation is 1. The number of piperazine rings is 1. The maximum absolute atomic E-state index is 12.7. The third-order valence-corrected chi connectivity index (χ3v) is 6.69. The first kappa shape index (κ1) is 21.3. The van der Waals surface area contributed by atoms with Gasteiger partial charge in [-0.25, -0.2) is 13.1 Å². The topological polar surface area (TPSA) is 81.8 Å². The van der Waals surface area contributed by atoms with Crippen molar-refractivity contribution >= 4 is 27.3 Å². The molecule has 0 atom stereocenters. The van der Waals surface area contributed by atoms with Crippen LogP contribution in [0.2, 0.25) is 0 Å². The van der Waals surface area contributed by atoms with Crippen molar-refractivity contribution in [3.8, 4) is 0 Å². The molecule has 0 saturated carbocycles. The Morgan fingerprint density at radius 2 is 1.69 bits per heavy atom. The zero-order valence-electron chi connectivity index (χ0n) is 17.1. The van der Waals surface area contributed by atoms with Crippen molar-refractivity contribution < 1.29 is 13.2 Å². The number of carbonyl (C=O) groups is 1. The van der Waals surface area contributed by atoms with Crippen molar-refractivity contribution in [1.29, 1.82) is 0 Å². The third-order valence-electron chi connectivity index (χ3n) is 5.24. The maximum Gasteiger partial charge on any atom is 0.255 e. The summed E-state index contributed by atoms with van der Waals surface area (Å²) in [4.78, 5) is 17.1. The molecule has 3 rings (SSSR count). The molecular formula is C21H28N4O3S. The van der Waals surface area contributed by atoms with Gasteiger partial charge in [0.05, 0.1) is 5.69 Å². The second-order valence-electron chi connectivity index (χ2n) is 7.18. The van der Waals surface area contributed by atoms with Crippen molar-refractivity contribution in [2.75, 3.05) is 50.5 Å². The van der Waals surface area contributed by atoms with Crippen LogP contribution in [-0.2, 0) is 16.4 Å². The van der Waals surface area contributed by atoms with Crippen LogP contribution in [0.25, 0.3) is 0 Å². The van der Waals surface area contributed by atoms with Gasteiger partial charge in [-0.05, 0) is 56.4 Å². The van der Waals surface area contributed by atoms with Crippen LogP contribution in [0, 0.1) is 0 Å². The van der Waals surface area contributed by atoms with Gasteiger partial charge >= 0.3 is 0 Å². The van der Waals surface area contributed by atoms with Crippen LogP contribution in [0.5, 0.6) is 0 Å². The summed E-state index contributed by atoms with van der Waals surface area (Å²) in [5.74, 6) is -0.341. The van der Waals surface area contributed by atoms with Gasteiger partial charge in [0, 0.05) is 37.4 Å². The van der Waals surface area contributed by atoms with Crippen molar-refractivity contribution in [3.05, 3.63) is 53.6 Å². The molecule has 2 aromatic carbocycles. The molecule has 2 N–H and O–H groups in total. The van der Waals surface area contributed by atoms with E-state index in [0.717, 1.165) is 32.6 Å². The number of nitrogens with one attached hydrogen (secondary N) is 2. The van der Waals surface area contributed by atoms with Gasteiger partial charge in [0.1, 0.15) is 4.90 Å². The lowest BCUT2D eigenvalue weighted by Gasteiger charge is -2.35. The second-order valence-corrected chi connectivity index (χ2v) is 9.04. The average molecular weight is 417 g/mol. The first-order valence-corrected chi connectivity index (χ1v) is 11.2. The van der Waals surface area contributed by atoms with Crippen LogP contribution >= 0.6 is 0 Å². The van der Waals surface area contributed by atoms with E-state index in [9.17, 15) is 13.2 Å². The van der Waals surface area contributed by atoms with Gasteiger partial charge in [-0.3, -0.25) is 4.79 Å². The number of carbonyl (C=O) groups excluding carboxylic acids is 1. The summed E-state index contributed by atoms with van der Waals surface area (Å²) in [5, 5.41) is 2.84. The van der Waals surface area contributed by atoms with Gasteiger partial charge < -0.3 is 15.1 Å². The smallest absolute Gasteiger partial charge is 0.255 e. The number of likely N-dealkylation sites (N-methyl/N-ethyl adjacent to an activating group) is 1. The van der Waals surface area contributed by atoms with Crippen molar-refractivity contribution in [3.63, 3.8) is 0 Å². The molecule has 0 spiro atoms. The summed E-state index contributed by atoms with van der Waals surface area (Å²) >= 11 is 0. The number of anilines is 2. The summed E-state index contributed by atoms with van der Waals surface area (Å²) < 4.78 is 27.7. The number of benzene rings is 2. The molecule has 0 aromatic heterocycles. The molecule has 1 fully saturated rings. The molecule has 1 aliphatic rings. The van der Waals surface area contributed by atoms with Crippen LogP contribution in [0.1, 0.15) is 22.8 Å². The van der Waals surface area contributed by atoms with Gasteiger partial charge in [-0.15, -0.1) is 0 Å². The van der Waals surface area contributed by atoms with E-state index < -0.39 is 10.0 Å². The van der Waals surface area contributed by atoms with Gasteiger partial charge in [0.25, 0.3) is 5.91 Å². The Morgan fingerprint density at radius 3 is 2.28 bits per heavy atom. The van der Waals surface area contributed by atoms with Crippen molar-refractivity contribution in [2.45, 2.75) is 18.2 Å². The van der Waals surface area contributed by atoms with Crippen molar-refractivity contribution in [1.82, 2.24) is 9.62 Å². The van der Waals surface area contributed by atoms with Crippen LogP contribution < -0.4 is 14.9 Å². The molecule has 156 valence electrons. The highest BCUT2D eigenvalue weighted by molar-refractivity contribution is 7.89. The van der Waals surface area contributed by atoms with E-state index in [1.807, 2.05) is 31.3 Å². The highest BCUT2D eigenvalue weighted by Crippen LogP contribution is 2.28. The monoisotopic (exact) mass is 416 g/mol. The van der Waals surface area contributed by atoms with E-state index in [2.05, 4.69) is 26.8 Å². The highest BCUT2D eigenvalue weighted by Gasteiger charge is 2.24. The number of amides is 1. The van der Waals surface area contributed by atoms with E-state index in [4.69, 9.17) is 0 Å². The van der Waals surface area contributed by atoms with Crippen LogP contribution in [-0.4, -0.2) is 59.5 Å². The minimum atomic E-state index is -3.71. The molecule has 0 aliphatic carbocycles. The Hall–Kier alpha value is -2.42. The summed E-state index contributed by atoms with van der Waals surface area (Å²) in [5.41, 5.74) is 2.78. The molecule has 0 unspecified atom stereocenters. The highest BCUT2D eigenvalue weighted by atomic mass is 32.2. The lowest BCUT2D eigenvalue weighted by atomic mass is 10.1. The Balaban J connectivity index is 1.89. The number of hydrogen-bond donors (Lipinski definition) is 2. The Kier molecular flexibility index (Phi) is 6.56. The number of hydrogen-bond acceptors (Lipinski definition) is 5. The molecule has 1 saturated heterocycles. The predicted octanol–water partition coefficient (Wildman–Crippen LogP) is 2.16. The van der Waals surface area contributed by atoms with E-state index in [1.165, 1.54) is 18.7 Å². The first-order chi connectivity index (χ1) is 13.8. The zero-order chi connectivity index (χ0) is 21.0. The second kappa shape index (κ2) is 8.94. The Morgan fingerprint density at radius 1 is 1.03 bits per heavy atom. The lowest BCUT2D eigenvalue weighted by Crippen LogP contribution is -2.45. The number of rotatable bonds is 6. The molecule has 29 heavy (non-hydrogen) atoms. The molecule has 1 heterocycles. The molecule has 0 radical (unpaired) electrons. The normalized spacial score (nSPS) is 15.3. The van der Waals surface area contributed by atoms with Crippen molar-refractivity contribution in [2.24, 2.45) is 0 Å².